The zero-order chi connectivity index (χ0) is 8.69. The third-order valence-electron chi connectivity index (χ3n) is 2.24. The fraction of sp³-hybridized carbons (Fsp3) is 1.00. The summed E-state index contributed by atoms with van der Waals surface area (Å²) in [4.78, 5) is 2.47. The van der Waals surface area contributed by atoms with Gasteiger partial charge < -0.3 is 4.90 Å². The highest BCUT2D eigenvalue weighted by atomic mass is 35.5. The first-order valence-electron chi connectivity index (χ1n) is 4.60. The molecule has 1 atom stereocenters. The van der Waals surface area contributed by atoms with Crippen LogP contribution >= 0.6 is 11.6 Å². The van der Waals surface area contributed by atoms with Crippen molar-refractivity contribution in [2.24, 2.45) is 0 Å². The van der Waals surface area contributed by atoms with Crippen molar-refractivity contribution >= 4 is 11.6 Å². The van der Waals surface area contributed by atoms with Crippen LogP contribution in [-0.2, 0) is 0 Å². The Morgan fingerprint density at radius 2 is 1.73 bits per heavy atom. The van der Waals surface area contributed by atoms with Crippen molar-refractivity contribution in [3.63, 3.8) is 0 Å². The molecule has 1 nitrogen and oxygen atoms in total. The van der Waals surface area contributed by atoms with E-state index in [1.807, 2.05) is 0 Å². The quantitative estimate of drug-likeness (QED) is 0.564. The van der Waals surface area contributed by atoms with Crippen molar-refractivity contribution in [3.8, 4) is 0 Å². The van der Waals surface area contributed by atoms with Gasteiger partial charge in [-0.15, -0.1) is 11.6 Å². The molecular weight excluding hydrogens is 158 g/mol. The molecule has 0 bridgehead atoms. The Bertz CT molecular complexity index is 81.6. The maximum Gasteiger partial charge on any atom is 0.0238 e. The number of halogens is 1. The van der Waals surface area contributed by atoms with Gasteiger partial charge in [-0.25, -0.2) is 0 Å². The summed E-state index contributed by atoms with van der Waals surface area (Å²) in [6.45, 7) is 8.94. The molecule has 0 fully saturated rings. The van der Waals surface area contributed by atoms with E-state index in [-0.39, 0.29) is 0 Å². The van der Waals surface area contributed by atoms with Gasteiger partial charge in [-0.2, -0.15) is 0 Å². The van der Waals surface area contributed by atoms with Gasteiger partial charge in [0.05, 0.1) is 0 Å². The normalized spacial score (nSPS) is 13.9. The molecule has 0 aromatic heterocycles. The summed E-state index contributed by atoms with van der Waals surface area (Å²) in [5.74, 6) is 0.787. The standard InChI is InChI=1S/C9H20ClN/c1-4-9(7-8-10)11(5-2)6-3/h9H,4-8H2,1-3H3. The van der Waals surface area contributed by atoms with Gasteiger partial charge in [0.15, 0.2) is 0 Å². The Balaban J connectivity index is 3.76. The molecule has 0 N–H and O–H groups in total. The molecule has 0 aliphatic rings. The van der Waals surface area contributed by atoms with Crippen LogP contribution in [0, 0.1) is 0 Å². The van der Waals surface area contributed by atoms with Gasteiger partial charge in [-0.3, -0.25) is 0 Å². The lowest BCUT2D eigenvalue weighted by Gasteiger charge is -2.27. The highest BCUT2D eigenvalue weighted by Gasteiger charge is 2.11. The van der Waals surface area contributed by atoms with Crippen molar-refractivity contribution in [2.75, 3.05) is 19.0 Å². The first-order chi connectivity index (χ1) is 5.29. The zero-order valence-corrected chi connectivity index (χ0v) is 8.69. The van der Waals surface area contributed by atoms with E-state index in [4.69, 9.17) is 11.6 Å². The van der Waals surface area contributed by atoms with E-state index in [1.54, 1.807) is 0 Å². The smallest absolute Gasteiger partial charge is 0.0238 e. The molecule has 1 unspecified atom stereocenters. The molecule has 0 amide bonds. The molecule has 2 heteroatoms. The molecule has 0 aromatic carbocycles. The van der Waals surface area contributed by atoms with Gasteiger partial charge in [0.1, 0.15) is 0 Å². The summed E-state index contributed by atoms with van der Waals surface area (Å²) >= 11 is 5.71. The van der Waals surface area contributed by atoms with E-state index in [1.165, 1.54) is 6.42 Å². The van der Waals surface area contributed by atoms with Crippen LogP contribution in [0.15, 0.2) is 0 Å². The predicted octanol–water partition coefficient (Wildman–Crippen LogP) is 2.74. The van der Waals surface area contributed by atoms with Gasteiger partial charge in [0, 0.05) is 11.9 Å². The molecule has 0 heterocycles. The maximum absolute atomic E-state index is 5.71. The van der Waals surface area contributed by atoms with Crippen LogP contribution in [0.25, 0.3) is 0 Å². The minimum absolute atomic E-state index is 0.697. The predicted molar refractivity (Wildman–Crippen MR) is 52.3 cm³/mol. The Hall–Kier alpha value is 0.250. The molecule has 0 rings (SSSR count). The van der Waals surface area contributed by atoms with Crippen LogP contribution < -0.4 is 0 Å². The van der Waals surface area contributed by atoms with Crippen LogP contribution in [0.3, 0.4) is 0 Å². The molecule has 11 heavy (non-hydrogen) atoms. The maximum atomic E-state index is 5.71. The van der Waals surface area contributed by atoms with Crippen LogP contribution in [-0.4, -0.2) is 29.9 Å². The number of alkyl halides is 1. The lowest BCUT2D eigenvalue weighted by Crippen LogP contribution is -2.34. The van der Waals surface area contributed by atoms with E-state index in [0.717, 1.165) is 25.4 Å². The minimum Gasteiger partial charge on any atom is -0.301 e. The van der Waals surface area contributed by atoms with E-state index in [9.17, 15) is 0 Å². The van der Waals surface area contributed by atoms with Crippen LogP contribution in [0.1, 0.15) is 33.6 Å². The van der Waals surface area contributed by atoms with Crippen LogP contribution in [0.5, 0.6) is 0 Å². The second kappa shape index (κ2) is 6.93. The summed E-state index contributed by atoms with van der Waals surface area (Å²) in [5, 5.41) is 0. The van der Waals surface area contributed by atoms with Crippen molar-refractivity contribution < 1.29 is 0 Å². The second-order valence-electron chi connectivity index (χ2n) is 2.76. The fourth-order valence-corrected chi connectivity index (χ4v) is 1.76. The third-order valence-corrected chi connectivity index (χ3v) is 2.46. The molecule has 0 spiro atoms. The first kappa shape index (κ1) is 11.2. The largest absolute Gasteiger partial charge is 0.301 e. The van der Waals surface area contributed by atoms with Gasteiger partial charge in [0.25, 0.3) is 0 Å². The van der Waals surface area contributed by atoms with E-state index in [0.29, 0.717) is 6.04 Å². The van der Waals surface area contributed by atoms with Gasteiger partial charge in [-0.05, 0) is 25.9 Å². The summed E-state index contributed by atoms with van der Waals surface area (Å²) in [6.07, 6.45) is 2.34. The molecule has 0 aliphatic carbocycles. The van der Waals surface area contributed by atoms with E-state index in [2.05, 4.69) is 25.7 Å². The van der Waals surface area contributed by atoms with Crippen LogP contribution in [0.4, 0.5) is 0 Å². The number of hydrogen-bond acceptors (Lipinski definition) is 1. The molecule has 0 aliphatic heterocycles. The van der Waals surface area contributed by atoms with Crippen molar-refractivity contribution in [3.05, 3.63) is 0 Å². The Morgan fingerprint density at radius 3 is 2.00 bits per heavy atom. The van der Waals surface area contributed by atoms with Crippen molar-refractivity contribution in [1.29, 1.82) is 0 Å². The molecule has 0 aromatic rings. The monoisotopic (exact) mass is 177 g/mol. The molecule has 0 saturated carbocycles. The van der Waals surface area contributed by atoms with Crippen molar-refractivity contribution in [1.82, 2.24) is 4.90 Å². The summed E-state index contributed by atoms with van der Waals surface area (Å²) < 4.78 is 0. The Morgan fingerprint density at radius 1 is 1.18 bits per heavy atom. The summed E-state index contributed by atoms with van der Waals surface area (Å²) in [6, 6.07) is 0.697. The second-order valence-corrected chi connectivity index (χ2v) is 3.14. The highest BCUT2D eigenvalue weighted by molar-refractivity contribution is 6.17. The summed E-state index contributed by atoms with van der Waals surface area (Å²) in [7, 11) is 0. The lowest BCUT2D eigenvalue weighted by molar-refractivity contribution is 0.206. The fourth-order valence-electron chi connectivity index (χ4n) is 1.51. The summed E-state index contributed by atoms with van der Waals surface area (Å²) in [5.41, 5.74) is 0. The molecule has 0 radical (unpaired) electrons. The Kier molecular flexibility index (Phi) is 7.09. The molecule has 0 saturated heterocycles. The van der Waals surface area contributed by atoms with Gasteiger partial charge in [0.2, 0.25) is 0 Å². The van der Waals surface area contributed by atoms with Crippen LogP contribution in [0.2, 0.25) is 0 Å². The number of rotatable bonds is 6. The molecular formula is C9H20ClN. The SMILES string of the molecule is CCC(CCCl)N(CC)CC. The van der Waals surface area contributed by atoms with Gasteiger partial charge in [-0.1, -0.05) is 20.8 Å². The minimum atomic E-state index is 0.697. The van der Waals surface area contributed by atoms with E-state index < -0.39 is 0 Å². The highest BCUT2D eigenvalue weighted by Crippen LogP contribution is 2.08. The lowest BCUT2D eigenvalue weighted by atomic mass is 10.1. The number of hydrogen-bond donors (Lipinski definition) is 0. The third kappa shape index (κ3) is 3.97. The first-order valence-corrected chi connectivity index (χ1v) is 5.13. The molecule has 68 valence electrons. The zero-order valence-electron chi connectivity index (χ0n) is 7.94. The average molecular weight is 178 g/mol. The Labute approximate surface area is 75.7 Å². The average Bonchev–Trinajstić information content (AvgIpc) is 2.05. The van der Waals surface area contributed by atoms with Gasteiger partial charge >= 0.3 is 0 Å². The number of nitrogens with zero attached hydrogens (tertiary/aromatic N) is 1. The van der Waals surface area contributed by atoms with E-state index >= 15 is 0 Å². The van der Waals surface area contributed by atoms with Crippen molar-refractivity contribution in [2.45, 2.75) is 39.7 Å². The topological polar surface area (TPSA) is 3.24 Å².